The van der Waals surface area contributed by atoms with E-state index in [0.717, 1.165) is 5.56 Å². The second-order valence-corrected chi connectivity index (χ2v) is 4.65. The van der Waals surface area contributed by atoms with E-state index in [4.69, 9.17) is 11.6 Å². The molecule has 0 amide bonds. The van der Waals surface area contributed by atoms with E-state index in [1.54, 1.807) is 24.3 Å². The lowest BCUT2D eigenvalue weighted by Gasteiger charge is -1.97. The Bertz CT molecular complexity index is 793. The van der Waals surface area contributed by atoms with Gasteiger partial charge in [0, 0.05) is 11.1 Å². The Morgan fingerprint density at radius 3 is 2.75 bits per heavy atom. The monoisotopic (exact) mass is 283 g/mol. The highest BCUT2D eigenvalue weighted by Crippen LogP contribution is 2.17. The van der Waals surface area contributed by atoms with Crippen LogP contribution in [0.3, 0.4) is 0 Å². The van der Waals surface area contributed by atoms with Gasteiger partial charge in [-0.15, -0.1) is 5.10 Å². The van der Waals surface area contributed by atoms with Crippen molar-refractivity contribution in [2.45, 2.75) is 0 Å². The molecule has 0 unspecified atom stereocenters. The summed E-state index contributed by atoms with van der Waals surface area (Å²) in [7, 11) is 0. The first-order valence-corrected chi connectivity index (χ1v) is 6.40. The molecule has 0 saturated carbocycles. The molecule has 1 aromatic heterocycles. The van der Waals surface area contributed by atoms with Crippen molar-refractivity contribution in [3.63, 3.8) is 0 Å². The van der Waals surface area contributed by atoms with Gasteiger partial charge in [-0.1, -0.05) is 47.1 Å². The van der Waals surface area contributed by atoms with Crippen molar-refractivity contribution in [1.82, 2.24) is 15.0 Å². The van der Waals surface area contributed by atoms with Crippen LogP contribution in [0.5, 0.6) is 0 Å². The number of hydrogen-bond acceptors (Lipinski definition) is 3. The second-order valence-electron chi connectivity index (χ2n) is 4.22. The highest BCUT2D eigenvalue weighted by atomic mass is 35.5. The van der Waals surface area contributed by atoms with E-state index in [1.807, 2.05) is 30.3 Å². The fraction of sp³-hybridized carbons (Fsp3) is 0. The molecule has 0 aliphatic heterocycles. The molecule has 3 rings (SSSR count). The van der Waals surface area contributed by atoms with Crippen molar-refractivity contribution < 1.29 is 4.79 Å². The average Bonchev–Trinajstić information content (AvgIpc) is 2.89. The molecule has 4 nitrogen and oxygen atoms in total. The molecule has 0 radical (unpaired) electrons. The molecule has 20 heavy (non-hydrogen) atoms. The van der Waals surface area contributed by atoms with Gasteiger partial charge in [-0.25, -0.2) is 0 Å². The molecule has 2 aromatic carbocycles. The first-order valence-electron chi connectivity index (χ1n) is 6.02. The molecule has 0 aliphatic carbocycles. The Balaban J connectivity index is 1.93. The van der Waals surface area contributed by atoms with E-state index in [-0.39, 0.29) is 5.91 Å². The maximum atomic E-state index is 12.1. The number of aromatic nitrogens is 3. The Kier molecular flexibility index (Phi) is 3.31. The molecule has 0 aliphatic rings. The number of carbonyl (C=O) groups excluding carboxylic acids is 1. The van der Waals surface area contributed by atoms with Gasteiger partial charge in [-0.3, -0.25) is 4.79 Å². The van der Waals surface area contributed by atoms with Crippen LogP contribution in [0.2, 0.25) is 5.02 Å². The summed E-state index contributed by atoms with van der Waals surface area (Å²) in [5.41, 5.74) is 2.18. The lowest BCUT2D eigenvalue weighted by atomic mass is 10.2. The summed E-state index contributed by atoms with van der Waals surface area (Å²) < 4.78 is 1.24. The molecule has 0 N–H and O–H groups in total. The third-order valence-corrected chi connectivity index (χ3v) is 3.07. The van der Waals surface area contributed by atoms with Crippen LogP contribution in [0.25, 0.3) is 17.1 Å². The van der Waals surface area contributed by atoms with Gasteiger partial charge in [0.05, 0.1) is 5.52 Å². The second kappa shape index (κ2) is 5.27. The summed E-state index contributed by atoms with van der Waals surface area (Å²) in [4.78, 5) is 12.1. The van der Waals surface area contributed by atoms with Gasteiger partial charge < -0.3 is 0 Å². The third kappa shape index (κ3) is 2.46. The van der Waals surface area contributed by atoms with Gasteiger partial charge in [0.2, 0.25) is 0 Å². The fourth-order valence-corrected chi connectivity index (χ4v) is 2.02. The molecule has 98 valence electrons. The maximum Gasteiger partial charge on any atom is 0.272 e. The Morgan fingerprint density at radius 2 is 1.95 bits per heavy atom. The van der Waals surface area contributed by atoms with Gasteiger partial charge in [0.15, 0.2) is 0 Å². The minimum atomic E-state index is -0.265. The molecule has 0 spiro atoms. The molecule has 3 aromatic rings. The zero-order chi connectivity index (χ0) is 13.9. The number of hydrogen-bond donors (Lipinski definition) is 0. The number of benzene rings is 2. The lowest BCUT2D eigenvalue weighted by molar-refractivity contribution is 0.0958. The van der Waals surface area contributed by atoms with Crippen molar-refractivity contribution in [2.75, 3.05) is 0 Å². The molecule has 0 saturated heterocycles. The number of fused-ring (bicyclic) bond motifs is 1. The van der Waals surface area contributed by atoms with Crippen LogP contribution in [-0.4, -0.2) is 20.9 Å². The van der Waals surface area contributed by atoms with Gasteiger partial charge in [-0.05, 0) is 29.8 Å². The molecule has 1 heterocycles. The van der Waals surface area contributed by atoms with Crippen molar-refractivity contribution >= 4 is 34.6 Å². The topological polar surface area (TPSA) is 47.8 Å². The van der Waals surface area contributed by atoms with Gasteiger partial charge in [0.25, 0.3) is 5.91 Å². The highest BCUT2D eigenvalue weighted by Gasteiger charge is 2.09. The van der Waals surface area contributed by atoms with E-state index in [9.17, 15) is 4.79 Å². The molecular weight excluding hydrogens is 274 g/mol. The number of halogens is 1. The van der Waals surface area contributed by atoms with Crippen LogP contribution in [0.15, 0.2) is 54.6 Å². The van der Waals surface area contributed by atoms with Crippen LogP contribution in [0, 0.1) is 0 Å². The molecular formula is C15H10ClN3O. The van der Waals surface area contributed by atoms with Crippen molar-refractivity contribution in [1.29, 1.82) is 0 Å². The Labute approximate surface area is 120 Å². The lowest BCUT2D eigenvalue weighted by Crippen LogP contribution is -2.08. The van der Waals surface area contributed by atoms with Gasteiger partial charge in [-0.2, -0.15) is 4.68 Å². The summed E-state index contributed by atoms with van der Waals surface area (Å²) in [6, 6.07) is 14.7. The largest absolute Gasteiger partial charge is 0.272 e. The van der Waals surface area contributed by atoms with Crippen LogP contribution in [0.1, 0.15) is 10.4 Å². The van der Waals surface area contributed by atoms with E-state index in [0.29, 0.717) is 16.1 Å². The maximum absolute atomic E-state index is 12.1. The highest BCUT2D eigenvalue weighted by molar-refractivity contribution is 6.31. The summed E-state index contributed by atoms with van der Waals surface area (Å²) in [6.07, 6.45) is 3.20. The fourth-order valence-electron chi connectivity index (χ4n) is 1.86. The van der Waals surface area contributed by atoms with E-state index < -0.39 is 0 Å². The summed E-state index contributed by atoms with van der Waals surface area (Å²) >= 11 is 5.93. The van der Waals surface area contributed by atoms with E-state index in [1.165, 1.54) is 10.8 Å². The van der Waals surface area contributed by atoms with Crippen LogP contribution in [0.4, 0.5) is 0 Å². The minimum Gasteiger partial charge on any atom is -0.267 e. The standard InChI is InChI=1S/C15H10ClN3O/c16-12-7-8-13-14(10-12)19(18-17-13)15(20)9-6-11-4-2-1-3-5-11/h1-10H/b9-6+. The van der Waals surface area contributed by atoms with Crippen LogP contribution >= 0.6 is 11.6 Å². The third-order valence-electron chi connectivity index (χ3n) is 2.83. The van der Waals surface area contributed by atoms with Crippen molar-refractivity contribution in [3.05, 3.63) is 65.2 Å². The smallest absolute Gasteiger partial charge is 0.267 e. The number of rotatable bonds is 2. The normalized spacial score (nSPS) is 11.2. The SMILES string of the molecule is O=C(/C=C/c1ccccc1)n1nnc2ccc(Cl)cc21. The molecule has 5 heteroatoms. The van der Waals surface area contributed by atoms with Crippen molar-refractivity contribution in [2.24, 2.45) is 0 Å². The summed E-state index contributed by atoms with van der Waals surface area (Å²) in [5, 5.41) is 8.33. The van der Waals surface area contributed by atoms with E-state index >= 15 is 0 Å². The molecule has 0 atom stereocenters. The average molecular weight is 284 g/mol. The van der Waals surface area contributed by atoms with Crippen LogP contribution < -0.4 is 0 Å². The van der Waals surface area contributed by atoms with Gasteiger partial charge in [0.1, 0.15) is 5.52 Å². The first kappa shape index (κ1) is 12.6. The Morgan fingerprint density at radius 1 is 1.15 bits per heavy atom. The summed E-state index contributed by atoms with van der Waals surface area (Å²) in [5.74, 6) is -0.265. The number of allylic oxidation sites excluding steroid dienone is 1. The number of nitrogens with zero attached hydrogens (tertiary/aromatic N) is 3. The predicted molar refractivity (Wildman–Crippen MR) is 78.6 cm³/mol. The first-order chi connectivity index (χ1) is 9.74. The van der Waals surface area contributed by atoms with E-state index in [2.05, 4.69) is 10.3 Å². The van der Waals surface area contributed by atoms with Gasteiger partial charge >= 0.3 is 0 Å². The minimum absolute atomic E-state index is 0.265. The predicted octanol–water partition coefficient (Wildman–Crippen LogP) is 3.44. The van der Waals surface area contributed by atoms with Crippen LogP contribution in [-0.2, 0) is 0 Å². The Hall–Kier alpha value is -2.46. The molecule has 0 fully saturated rings. The van der Waals surface area contributed by atoms with Crippen molar-refractivity contribution in [3.8, 4) is 0 Å². The zero-order valence-corrected chi connectivity index (χ0v) is 11.2. The zero-order valence-electron chi connectivity index (χ0n) is 10.4. The quantitative estimate of drug-likeness (QED) is 0.677. The molecule has 0 bridgehead atoms. The summed E-state index contributed by atoms with van der Waals surface area (Å²) in [6.45, 7) is 0. The number of carbonyl (C=O) groups is 1.